The molecule has 0 aliphatic rings. The summed E-state index contributed by atoms with van der Waals surface area (Å²) in [4.78, 5) is 31.0. The Morgan fingerprint density at radius 1 is 1.00 bits per heavy atom. The molecule has 0 aliphatic carbocycles. The lowest BCUT2D eigenvalue weighted by Crippen LogP contribution is -2.25. The van der Waals surface area contributed by atoms with Gasteiger partial charge in [-0.1, -0.05) is 6.07 Å². The van der Waals surface area contributed by atoms with Crippen molar-refractivity contribution in [3.63, 3.8) is 0 Å². The van der Waals surface area contributed by atoms with Crippen molar-refractivity contribution in [1.29, 1.82) is 0 Å². The van der Waals surface area contributed by atoms with Crippen molar-refractivity contribution in [2.24, 2.45) is 0 Å². The number of aliphatic carboxylic acids is 1. The molecule has 3 rings (SSSR count). The van der Waals surface area contributed by atoms with E-state index in [0.29, 0.717) is 11.4 Å². The number of carboxylic acid groups (broad SMARTS) is 1. The molecule has 3 aromatic rings. The number of benzene rings is 2. The molecule has 34 heavy (non-hydrogen) atoms. The van der Waals surface area contributed by atoms with E-state index in [0.717, 1.165) is 6.07 Å². The fourth-order valence-electron chi connectivity index (χ4n) is 2.78. The van der Waals surface area contributed by atoms with Gasteiger partial charge in [0, 0.05) is 17.4 Å². The van der Waals surface area contributed by atoms with Crippen LogP contribution in [0.1, 0.15) is 18.1 Å². The molecule has 0 spiro atoms. The number of nitrogens with zero attached hydrogens (tertiary/aromatic N) is 2. The monoisotopic (exact) mass is 475 g/mol. The third-order valence-corrected chi connectivity index (χ3v) is 4.51. The van der Waals surface area contributed by atoms with Crippen LogP contribution >= 0.6 is 0 Å². The summed E-state index contributed by atoms with van der Waals surface area (Å²) in [5, 5.41) is 16.5. The van der Waals surface area contributed by atoms with Crippen molar-refractivity contribution >= 4 is 29.2 Å². The second kappa shape index (κ2) is 10.1. The highest BCUT2D eigenvalue weighted by atomic mass is 19.4. The number of hydrogen-bond acceptors (Lipinski definition) is 6. The number of urea groups is 1. The van der Waals surface area contributed by atoms with Crippen LogP contribution in [0.3, 0.4) is 0 Å². The van der Waals surface area contributed by atoms with Crippen LogP contribution in [-0.4, -0.2) is 33.1 Å². The van der Waals surface area contributed by atoms with Crippen molar-refractivity contribution in [2.45, 2.75) is 26.1 Å². The molecule has 2 aromatic carbocycles. The highest BCUT2D eigenvalue weighted by molar-refractivity contribution is 5.99. The average Bonchev–Trinajstić information content (AvgIpc) is 2.76. The first-order chi connectivity index (χ1) is 16.0. The Kier molecular flexibility index (Phi) is 7.19. The summed E-state index contributed by atoms with van der Waals surface area (Å²) < 4.78 is 44.7. The van der Waals surface area contributed by atoms with Gasteiger partial charge in [-0.25, -0.2) is 14.8 Å². The van der Waals surface area contributed by atoms with Gasteiger partial charge in [0.05, 0.1) is 5.56 Å². The van der Waals surface area contributed by atoms with Crippen molar-refractivity contribution < 1.29 is 32.6 Å². The molecule has 12 heteroatoms. The van der Waals surface area contributed by atoms with Crippen LogP contribution in [-0.2, 0) is 11.0 Å². The quantitative estimate of drug-likeness (QED) is 0.373. The maximum atomic E-state index is 13.0. The fraction of sp³-hybridized carbons (Fsp3) is 0.182. The van der Waals surface area contributed by atoms with E-state index >= 15 is 0 Å². The molecule has 2 amide bonds. The maximum absolute atomic E-state index is 13.0. The van der Waals surface area contributed by atoms with E-state index in [1.807, 2.05) is 0 Å². The van der Waals surface area contributed by atoms with E-state index in [1.165, 1.54) is 50.5 Å². The lowest BCUT2D eigenvalue weighted by Gasteiger charge is -2.13. The molecule has 0 bridgehead atoms. The molecular formula is C22H20F3N5O4. The largest absolute Gasteiger partial charge is 0.480 e. The average molecular weight is 475 g/mol. The van der Waals surface area contributed by atoms with E-state index in [9.17, 15) is 22.8 Å². The standard InChI is InChI=1S/C22H20F3N5O4/c1-12-3-4-15(9-17(12)22(23,24)25)30-21(33)29-14-5-7-16(8-6-14)34-19-10-18(26-11-27-19)28-13(2)20(31)32/h3-11,13H,1-2H3,(H,31,32)(H,26,27,28)(H2,29,30,33). The van der Waals surface area contributed by atoms with Gasteiger partial charge in [-0.05, 0) is 55.8 Å². The van der Waals surface area contributed by atoms with Crippen LogP contribution in [0.15, 0.2) is 54.9 Å². The minimum absolute atomic E-state index is 0.000713. The van der Waals surface area contributed by atoms with Crippen LogP contribution in [0.2, 0.25) is 0 Å². The third kappa shape index (κ3) is 6.58. The number of anilines is 3. The molecule has 9 nitrogen and oxygen atoms in total. The van der Waals surface area contributed by atoms with E-state index in [1.54, 1.807) is 12.1 Å². The van der Waals surface area contributed by atoms with Gasteiger partial charge in [0.15, 0.2) is 0 Å². The minimum Gasteiger partial charge on any atom is -0.480 e. The van der Waals surface area contributed by atoms with Gasteiger partial charge in [-0.3, -0.25) is 4.79 Å². The van der Waals surface area contributed by atoms with Crippen LogP contribution in [0.5, 0.6) is 11.6 Å². The Labute approximate surface area is 192 Å². The first-order valence-electron chi connectivity index (χ1n) is 9.86. The van der Waals surface area contributed by atoms with Gasteiger partial charge in [0.25, 0.3) is 0 Å². The number of amides is 2. The topological polar surface area (TPSA) is 125 Å². The first-order valence-corrected chi connectivity index (χ1v) is 9.86. The summed E-state index contributed by atoms with van der Waals surface area (Å²) in [6, 6.07) is 9.50. The first kappa shape index (κ1) is 24.3. The number of hydrogen-bond donors (Lipinski definition) is 4. The zero-order valence-electron chi connectivity index (χ0n) is 18.0. The number of carbonyl (C=O) groups excluding carboxylic acids is 1. The summed E-state index contributed by atoms with van der Waals surface area (Å²) in [6.45, 7) is 2.80. The Balaban J connectivity index is 1.60. The van der Waals surface area contributed by atoms with Crippen LogP contribution in [0, 0.1) is 6.92 Å². The Morgan fingerprint density at radius 3 is 2.29 bits per heavy atom. The predicted molar refractivity (Wildman–Crippen MR) is 118 cm³/mol. The zero-order chi connectivity index (χ0) is 24.9. The van der Waals surface area contributed by atoms with Gasteiger partial charge in [0.2, 0.25) is 5.88 Å². The molecule has 0 radical (unpaired) electrons. The molecule has 4 N–H and O–H groups in total. The van der Waals surface area contributed by atoms with Crippen LogP contribution in [0.4, 0.5) is 35.2 Å². The second-order valence-corrected chi connectivity index (χ2v) is 7.18. The Bertz CT molecular complexity index is 1190. The number of aryl methyl sites for hydroxylation is 1. The molecule has 0 saturated heterocycles. The molecule has 1 aromatic heterocycles. The molecule has 0 saturated carbocycles. The van der Waals surface area contributed by atoms with E-state index in [2.05, 4.69) is 25.9 Å². The number of carboxylic acids is 1. The van der Waals surface area contributed by atoms with Crippen LogP contribution in [0.25, 0.3) is 0 Å². The molecule has 1 unspecified atom stereocenters. The normalized spacial score (nSPS) is 11.9. The molecule has 0 aliphatic heterocycles. The van der Waals surface area contributed by atoms with E-state index < -0.39 is 29.8 Å². The fourth-order valence-corrected chi connectivity index (χ4v) is 2.78. The van der Waals surface area contributed by atoms with Crippen LogP contribution < -0.4 is 20.7 Å². The number of carbonyl (C=O) groups is 2. The van der Waals surface area contributed by atoms with Gasteiger partial charge < -0.3 is 25.8 Å². The molecule has 1 atom stereocenters. The lowest BCUT2D eigenvalue weighted by molar-refractivity contribution is -0.138. The van der Waals surface area contributed by atoms with Gasteiger partial charge in [0.1, 0.15) is 23.9 Å². The van der Waals surface area contributed by atoms with E-state index in [4.69, 9.17) is 9.84 Å². The number of ether oxygens (including phenoxy) is 1. The highest BCUT2D eigenvalue weighted by Crippen LogP contribution is 2.33. The van der Waals surface area contributed by atoms with Crippen molar-refractivity contribution in [3.05, 3.63) is 66.0 Å². The smallest absolute Gasteiger partial charge is 0.416 e. The minimum atomic E-state index is -4.52. The van der Waals surface area contributed by atoms with Gasteiger partial charge in [-0.2, -0.15) is 13.2 Å². The van der Waals surface area contributed by atoms with Crippen molar-refractivity contribution in [1.82, 2.24) is 9.97 Å². The third-order valence-electron chi connectivity index (χ3n) is 4.51. The second-order valence-electron chi connectivity index (χ2n) is 7.18. The number of nitrogens with one attached hydrogen (secondary N) is 3. The summed E-state index contributed by atoms with van der Waals surface area (Å²) >= 11 is 0. The number of rotatable bonds is 7. The Hall–Kier alpha value is -4.35. The summed E-state index contributed by atoms with van der Waals surface area (Å²) in [5.74, 6) is -0.250. The number of aromatic nitrogens is 2. The molecule has 1 heterocycles. The highest BCUT2D eigenvalue weighted by Gasteiger charge is 2.32. The van der Waals surface area contributed by atoms with E-state index in [-0.39, 0.29) is 22.9 Å². The lowest BCUT2D eigenvalue weighted by atomic mass is 10.1. The number of halogens is 3. The predicted octanol–water partition coefficient (Wildman–Crippen LogP) is 5.13. The van der Waals surface area contributed by atoms with Crippen molar-refractivity contribution in [2.75, 3.05) is 16.0 Å². The van der Waals surface area contributed by atoms with Gasteiger partial charge in [-0.15, -0.1) is 0 Å². The summed E-state index contributed by atoms with van der Waals surface area (Å²) in [7, 11) is 0. The summed E-state index contributed by atoms with van der Waals surface area (Å²) in [5.41, 5.74) is -0.404. The molecule has 178 valence electrons. The number of alkyl halides is 3. The SMILES string of the molecule is Cc1ccc(NC(=O)Nc2ccc(Oc3cc(NC(C)C(=O)O)ncn3)cc2)cc1C(F)(F)F. The maximum Gasteiger partial charge on any atom is 0.416 e. The Morgan fingerprint density at radius 2 is 1.65 bits per heavy atom. The molecule has 0 fully saturated rings. The molecular weight excluding hydrogens is 455 g/mol. The van der Waals surface area contributed by atoms with Crippen molar-refractivity contribution in [3.8, 4) is 11.6 Å². The van der Waals surface area contributed by atoms with Gasteiger partial charge >= 0.3 is 18.2 Å². The summed E-state index contributed by atoms with van der Waals surface area (Å²) in [6.07, 6.45) is -3.31. The zero-order valence-corrected chi connectivity index (χ0v) is 18.0.